The van der Waals surface area contributed by atoms with Crippen molar-refractivity contribution in [1.29, 1.82) is 0 Å². The van der Waals surface area contributed by atoms with Gasteiger partial charge >= 0.3 is 0 Å². The number of hydrogen-bond donors (Lipinski definition) is 1. The first-order valence-corrected chi connectivity index (χ1v) is 8.60. The van der Waals surface area contributed by atoms with Crippen molar-refractivity contribution in [3.8, 4) is 0 Å². The Labute approximate surface area is 128 Å². The average Bonchev–Trinajstić information content (AvgIpc) is 2.75. The third-order valence-electron chi connectivity index (χ3n) is 5.74. The van der Waals surface area contributed by atoms with Crippen molar-refractivity contribution in [2.45, 2.75) is 64.6 Å². The predicted molar refractivity (Wildman–Crippen MR) is 86.2 cm³/mol. The van der Waals surface area contributed by atoms with Gasteiger partial charge in [0.1, 0.15) is 0 Å². The third-order valence-corrected chi connectivity index (χ3v) is 5.74. The first-order valence-electron chi connectivity index (χ1n) is 8.60. The maximum atomic E-state index is 4.33. The van der Waals surface area contributed by atoms with E-state index in [-0.39, 0.29) is 0 Å². The third kappa shape index (κ3) is 3.32. The minimum absolute atomic E-state index is 0.590. The van der Waals surface area contributed by atoms with Gasteiger partial charge in [0.25, 0.3) is 0 Å². The zero-order valence-electron chi connectivity index (χ0n) is 13.8. The molecule has 4 nitrogen and oxygen atoms in total. The first kappa shape index (κ1) is 15.0. The summed E-state index contributed by atoms with van der Waals surface area (Å²) in [6.07, 6.45) is 9.06. The Bertz CT molecular complexity index is 463. The molecule has 0 spiro atoms. The lowest BCUT2D eigenvalue weighted by Crippen LogP contribution is -2.49. The fraction of sp³-hybridized carbons (Fsp3) is 0.824. The summed E-state index contributed by atoms with van der Waals surface area (Å²) in [5.41, 5.74) is 2.60. The monoisotopic (exact) mass is 290 g/mol. The molecule has 1 aliphatic carbocycles. The number of aryl methyl sites for hydroxylation is 1. The smallest absolute Gasteiger partial charge is 0.0537 e. The largest absolute Gasteiger partial charge is 0.310 e. The highest BCUT2D eigenvalue weighted by molar-refractivity contribution is 5.15. The second-order valence-corrected chi connectivity index (χ2v) is 7.03. The molecule has 118 valence electrons. The van der Waals surface area contributed by atoms with E-state index in [0.717, 1.165) is 18.5 Å². The van der Waals surface area contributed by atoms with Crippen LogP contribution in [0.2, 0.25) is 0 Å². The molecule has 2 atom stereocenters. The minimum atomic E-state index is 0.590. The lowest BCUT2D eigenvalue weighted by Gasteiger charge is -2.44. The normalized spacial score (nSPS) is 25.8. The summed E-state index contributed by atoms with van der Waals surface area (Å²) < 4.78 is 1.96. The van der Waals surface area contributed by atoms with E-state index in [1.807, 2.05) is 17.9 Å². The van der Waals surface area contributed by atoms with Crippen molar-refractivity contribution >= 4 is 0 Å². The van der Waals surface area contributed by atoms with Crippen LogP contribution in [0, 0.1) is 12.8 Å². The lowest BCUT2D eigenvalue weighted by molar-refractivity contribution is 0.0665. The topological polar surface area (TPSA) is 33.1 Å². The van der Waals surface area contributed by atoms with E-state index in [9.17, 15) is 0 Å². The van der Waals surface area contributed by atoms with Gasteiger partial charge in [-0.1, -0.05) is 6.42 Å². The van der Waals surface area contributed by atoms with E-state index in [1.54, 1.807) is 0 Å². The Morgan fingerprint density at radius 3 is 2.76 bits per heavy atom. The highest BCUT2D eigenvalue weighted by Gasteiger charge is 2.31. The maximum Gasteiger partial charge on any atom is 0.0537 e. The Morgan fingerprint density at radius 2 is 2.14 bits per heavy atom. The van der Waals surface area contributed by atoms with Crippen molar-refractivity contribution < 1.29 is 0 Å². The first-order chi connectivity index (χ1) is 10.1. The minimum Gasteiger partial charge on any atom is -0.310 e. The van der Waals surface area contributed by atoms with Gasteiger partial charge in [-0.05, 0) is 52.0 Å². The summed E-state index contributed by atoms with van der Waals surface area (Å²) in [6, 6.07) is 1.49. The number of rotatable bonds is 5. The van der Waals surface area contributed by atoms with E-state index in [0.29, 0.717) is 6.04 Å². The summed E-state index contributed by atoms with van der Waals surface area (Å²) >= 11 is 0. The number of nitrogens with zero attached hydrogens (tertiary/aromatic N) is 3. The van der Waals surface area contributed by atoms with Crippen LogP contribution in [0.15, 0.2) is 6.20 Å². The number of nitrogens with one attached hydrogen (secondary N) is 1. The molecule has 2 heterocycles. The van der Waals surface area contributed by atoms with Crippen LogP contribution in [0.3, 0.4) is 0 Å². The number of piperidine rings is 1. The van der Waals surface area contributed by atoms with E-state index in [1.165, 1.54) is 56.5 Å². The van der Waals surface area contributed by atoms with Gasteiger partial charge in [0.05, 0.1) is 6.20 Å². The molecular weight excluding hydrogens is 260 g/mol. The molecule has 1 aromatic heterocycles. The van der Waals surface area contributed by atoms with Crippen molar-refractivity contribution in [2.24, 2.45) is 13.0 Å². The summed E-state index contributed by atoms with van der Waals surface area (Å²) in [5.74, 6) is 0.802. The van der Waals surface area contributed by atoms with E-state index in [2.05, 4.69) is 29.2 Å². The number of likely N-dealkylation sites (tertiary alicyclic amines) is 1. The van der Waals surface area contributed by atoms with Gasteiger partial charge in [0.15, 0.2) is 0 Å². The van der Waals surface area contributed by atoms with Crippen LogP contribution >= 0.6 is 0 Å². The van der Waals surface area contributed by atoms with Crippen molar-refractivity contribution in [1.82, 2.24) is 20.0 Å². The SMILES string of the molecule is Cc1c(CN[C@@H](C)[C@@H]2CCCN(C3CCC3)C2)cnn1C. The van der Waals surface area contributed by atoms with Gasteiger partial charge in [-0.2, -0.15) is 5.10 Å². The molecule has 0 unspecified atom stereocenters. The molecule has 4 heteroatoms. The van der Waals surface area contributed by atoms with Crippen LogP contribution in [-0.2, 0) is 13.6 Å². The van der Waals surface area contributed by atoms with Crippen LogP contribution in [0.25, 0.3) is 0 Å². The Kier molecular flexibility index (Phi) is 4.65. The number of hydrogen-bond acceptors (Lipinski definition) is 3. The number of aromatic nitrogens is 2. The van der Waals surface area contributed by atoms with Crippen molar-refractivity contribution in [2.75, 3.05) is 13.1 Å². The van der Waals surface area contributed by atoms with Crippen molar-refractivity contribution in [3.63, 3.8) is 0 Å². The molecule has 0 aromatic carbocycles. The molecule has 1 saturated carbocycles. The average molecular weight is 290 g/mol. The van der Waals surface area contributed by atoms with Gasteiger partial charge in [0.2, 0.25) is 0 Å². The molecule has 1 saturated heterocycles. The maximum absolute atomic E-state index is 4.33. The Morgan fingerprint density at radius 1 is 1.33 bits per heavy atom. The van der Waals surface area contributed by atoms with Gasteiger partial charge in [-0.3, -0.25) is 4.68 Å². The predicted octanol–water partition coefficient (Wildman–Crippen LogP) is 2.47. The highest BCUT2D eigenvalue weighted by Crippen LogP contribution is 2.30. The van der Waals surface area contributed by atoms with Gasteiger partial charge in [-0.25, -0.2) is 0 Å². The van der Waals surface area contributed by atoms with E-state index < -0.39 is 0 Å². The Hall–Kier alpha value is -0.870. The molecule has 1 aliphatic heterocycles. The molecule has 2 aliphatic rings. The van der Waals surface area contributed by atoms with Crippen LogP contribution in [0.4, 0.5) is 0 Å². The zero-order chi connectivity index (χ0) is 14.8. The zero-order valence-corrected chi connectivity index (χ0v) is 13.8. The molecule has 1 N–H and O–H groups in total. The molecular formula is C17H30N4. The fourth-order valence-corrected chi connectivity index (χ4v) is 3.69. The summed E-state index contributed by atoms with van der Waals surface area (Å²) in [6.45, 7) is 8.08. The van der Waals surface area contributed by atoms with Crippen LogP contribution < -0.4 is 5.32 Å². The fourth-order valence-electron chi connectivity index (χ4n) is 3.69. The van der Waals surface area contributed by atoms with Crippen molar-refractivity contribution in [3.05, 3.63) is 17.5 Å². The summed E-state index contributed by atoms with van der Waals surface area (Å²) in [5, 5.41) is 8.07. The van der Waals surface area contributed by atoms with Crippen LogP contribution in [0.5, 0.6) is 0 Å². The second-order valence-electron chi connectivity index (χ2n) is 7.03. The molecule has 0 bridgehead atoms. The molecule has 2 fully saturated rings. The van der Waals surface area contributed by atoms with Crippen LogP contribution in [-0.4, -0.2) is 39.9 Å². The van der Waals surface area contributed by atoms with Gasteiger partial charge < -0.3 is 10.2 Å². The highest BCUT2D eigenvalue weighted by atomic mass is 15.3. The summed E-state index contributed by atoms with van der Waals surface area (Å²) in [7, 11) is 2.01. The molecule has 3 rings (SSSR count). The summed E-state index contributed by atoms with van der Waals surface area (Å²) in [4.78, 5) is 2.76. The molecule has 1 aromatic rings. The standard InChI is InChI=1S/C17H30N4/c1-13(18-10-16-11-19-20(3)14(16)2)15-6-5-9-21(12-15)17-7-4-8-17/h11,13,15,17-18H,4-10,12H2,1-3H3/t13-,15+/m0/s1. The van der Waals surface area contributed by atoms with E-state index in [4.69, 9.17) is 0 Å². The van der Waals surface area contributed by atoms with Crippen LogP contribution in [0.1, 0.15) is 50.3 Å². The van der Waals surface area contributed by atoms with Gasteiger partial charge in [-0.15, -0.1) is 0 Å². The van der Waals surface area contributed by atoms with E-state index >= 15 is 0 Å². The lowest BCUT2D eigenvalue weighted by atomic mass is 9.85. The molecule has 0 radical (unpaired) electrons. The molecule has 0 amide bonds. The molecule has 21 heavy (non-hydrogen) atoms. The second kappa shape index (κ2) is 6.49. The van der Waals surface area contributed by atoms with Gasteiger partial charge in [0, 0.05) is 43.5 Å². The quantitative estimate of drug-likeness (QED) is 0.904. The Balaban J connectivity index is 1.50.